The summed E-state index contributed by atoms with van der Waals surface area (Å²) in [7, 11) is 0. The summed E-state index contributed by atoms with van der Waals surface area (Å²) in [6, 6.07) is 0. The third-order valence-electron chi connectivity index (χ3n) is 0.591. The molecule has 1 rings (SSSR count). The molecule has 1 unspecified atom stereocenters. The summed E-state index contributed by atoms with van der Waals surface area (Å²) in [5.41, 5.74) is 0. The van der Waals surface area contributed by atoms with Crippen LogP contribution < -0.4 is 5.11 Å². The fraction of sp³-hybridized carbons (Fsp3) is 1.00. The summed E-state index contributed by atoms with van der Waals surface area (Å²) in [4.78, 5) is 8.31. The van der Waals surface area contributed by atoms with Gasteiger partial charge in [-0.3, -0.25) is 0 Å². The van der Waals surface area contributed by atoms with Gasteiger partial charge < -0.3 is 5.11 Å². The quantitative estimate of drug-likeness (QED) is 0.306. The molecule has 1 heterocycles. The lowest BCUT2D eigenvalue weighted by Crippen LogP contribution is -2.26. The molecular weight excluding hydrogens is 84.0 g/mol. The van der Waals surface area contributed by atoms with E-state index in [1.807, 2.05) is 0 Å². The molecule has 3 heteroatoms. The van der Waals surface area contributed by atoms with Crippen molar-refractivity contribution in [3.05, 3.63) is 0 Å². The average Bonchev–Trinajstić information content (AvgIpc) is 2.06. The highest BCUT2D eigenvalue weighted by Gasteiger charge is 2.24. The topological polar surface area (TPSA) is 48.1 Å². The maximum atomic E-state index is 10.0. The SMILES string of the molecule is CC([O-])C1OO1. The first-order valence-electron chi connectivity index (χ1n) is 1.78. The number of rotatable bonds is 1. The average molecular weight is 89.1 g/mol. The van der Waals surface area contributed by atoms with Gasteiger partial charge in [0.2, 0.25) is 6.29 Å². The van der Waals surface area contributed by atoms with Gasteiger partial charge in [-0.05, 0) is 0 Å². The van der Waals surface area contributed by atoms with Crippen molar-refractivity contribution in [2.45, 2.75) is 19.3 Å². The van der Waals surface area contributed by atoms with Crippen LogP contribution in [0.2, 0.25) is 0 Å². The predicted molar refractivity (Wildman–Crippen MR) is 15.4 cm³/mol. The molecule has 6 heavy (non-hydrogen) atoms. The van der Waals surface area contributed by atoms with Gasteiger partial charge in [-0.1, -0.05) is 13.0 Å². The van der Waals surface area contributed by atoms with Gasteiger partial charge in [0.1, 0.15) is 0 Å². The van der Waals surface area contributed by atoms with E-state index in [9.17, 15) is 5.11 Å². The lowest BCUT2D eigenvalue weighted by Gasteiger charge is -2.05. The Kier molecular flexibility index (Phi) is 0.799. The minimum atomic E-state index is -0.731. The zero-order valence-electron chi connectivity index (χ0n) is 3.38. The van der Waals surface area contributed by atoms with E-state index in [1.54, 1.807) is 0 Å². The lowest BCUT2D eigenvalue weighted by atomic mass is 10.4. The highest BCUT2D eigenvalue weighted by molar-refractivity contribution is 4.51. The minimum absolute atomic E-state index is 0.454. The van der Waals surface area contributed by atoms with E-state index in [2.05, 4.69) is 9.78 Å². The third kappa shape index (κ3) is 0.680. The van der Waals surface area contributed by atoms with Crippen molar-refractivity contribution in [3.63, 3.8) is 0 Å². The Morgan fingerprint density at radius 3 is 2.17 bits per heavy atom. The fourth-order valence-electron chi connectivity index (χ4n) is 0.189. The lowest BCUT2D eigenvalue weighted by molar-refractivity contribution is -0.419. The standard InChI is InChI=1S/C3H5O3/c1-2(4)3-5-6-3/h2-3H,1H3/q-1. The van der Waals surface area contributed by atoms with E-state index in [4.69, 9.17) is 0 Å². The second-order valence-corrected chi connectivity index (χ2v) is 1.27. The van der Waals surface area contributed by atoms with Gasteiger partial charge in [0.05, 0.1) is 0 Å². The van der Waals surface area contributed by atoms with Crippen molar-refractivity contribution in [1.82, 2.24) is 0 Å². The summed E-state index contributed by atoms with van der Waals surface area (Å²) in [6.45, 7) is 1.50. The summed E-state index contributed by atoms with van der Waals surface area (Å²) < 4.78 is 0. The van der Waals surface area contributed by atoms with Crippen molar-refractivity contribution < 1.29 is 14.9 Å². The predicted octanol–water partition coefficient (Wildman–Crippen LogP) is -0.977. The van der Waals surface area contributed by atoms with E-state index in [-0.39, 0.29) is 0 Å². The van der Waals surface area contributed by atoms with Gasteiger partial charge in [-0.2, -0.15) is 9.78 Å². The zero-order chi connectivity index (χ0) is 4.57. The van der Waals surface area contributed by atoms with Gasteiger partial charge in [0.15, 0.2) is 0 Å². The van der Waals surface area contributed by atoms with Gasteiger partial charge in [-0.25, -0.2) is 0 Å². The molecule has 0 bridgehead atoms. The maximum Gasteiger partial charge on any atom is 0.212 e. The van der Waals surface area contributed by atoms with E-state index in [0.29, 0.717) is 0 Å². The van der Waals surface area contributed by atoms with Crippen molar-refractivity contribution in [3.8, 4) is 0 Å². The summed E-state index contributed by atoms with van der Waals surface area (Å²) in [5, 5.41) is 10.0. The molecule has 0 amide bonds. The van der Waals surface area contributed by atoms with Crippen molar-refractivity contribution in [2.24, 2.45) is 0 Å². The van der Waals surface area contributed by atoms with Crippen LogP contribution in [0.5, 0.6) is 0 Å². The molecule has 1 aliphatic heterocycles. The van der Waals surface area contributed by atoms with Crippen LogP contribution in [0.3, 0.4) is 0 Å². The molecule has 36 valence electrons. The van der Waals surface area contributed by atoms with Crippen LogP contribution in [-0.2, 0) is 9.78 Å². The first-order valence-corrected chi connectivity index (χ1v) is 1.78. The zero-order valence-corrected chi connectivity index (χ0v) is 3.38. The van der Waals surface area contributed by atoms with Crippen molar-refractivity contribution >= 4 is 0 Å². The Hall–Kier alpha value is -0.120. The first-order chi connectivity index (χ1) is 2.80. The Balaban J connectivity index is 2.13. The molecule has 0 aromatic rings. The Morgan fingerprint density at radius 1 is 1.67 bits per heavy atom. The van der Waals surface area contributed by atoms with Gasteiger partial charge >= 0.3 is 0 Å². The van der Waals surface area contributed by atoms with E-state index < -0.39 is 12.4 Å². The highest BCUT2D eigenvalue weighted by atomic mass is 17.4. The highest BCUT2D eigenvalue weighted by Crippen LogP contribution is 2.13. The molecule has 0 spiro atoms. The molecule has 3 nitrogen and oxygen atoms in total. The molecular formula is C3H5O3-. The van der Waals surface area contributed by atoms with Crippen molar-refractivity contribution in [1.29, 1.82) is 0 Å². The smallest absolute Gasteiger partial charge is 0.212 e. The van der Waals surface area contributed by atoms with Crippen LogP contribution in [0.4, 0.5) is 0 Å². The molecule has 0 radical (unpaired) electrons. The van der Waals surface area contributed by atoms with E-state index in [1.165, 1.54) is 6.92 Å². The maximum absolute atomic E-state index is 10.0. The molecule has 0 aliphatic carbocycles. The van der Waals surface area contributed by atoms with Crippen LogP contribution in [0.15, 0.2) is 0 Å². The van der Waals surface area contributed by atoms with Crippen molar-refractivity contribution in [2.75, 3.05) is 0 Å². The number of hydrogen-bond donors (Lipinski definition) is 0. The summed E-state index contributed by atoms with van der Waals surface area (Å²) >= 11 is 0. The Morgan fingerprint density at radius 2 is 2.17 bits per heavy atom. The third-order valence-corrected chi connectivity index (χ3v) is 0.591. The van der Waals surface area contributed by atoms with Crippen LogP contribution in [0.25, 0.3) is 0 Å². The summed E-state index contributed by atoms with van der Waals surface area (Å²) in [5.74, 6) is 0. The minimum Gasteiger partial charge on any atom is -0.848 e. The Bertz CT molecular complexity index is 48.0. The summed E-state index contributed by atoms with van der Waals surface area (Å²) in [6.07, 6.45) is -1.19. The largest absolute Gasteiger partial charge is 0.848 e. The van der Waals surface area contributed by atoms with Gasteiger partial charge in [0, 0.05) is 0 Å². The monoisotopic (exact) mass is 89.0 g/mol. The normalized spacial score (nSPS) is 27.0. The second kappa shape index (κ2) is 1.18. The van der Waals surface area contributed by atoms with Crippen LogP contribution >= 0.6 is 0 Å². The second-order valence-electron chi connectivity index (χ2n) is 1.27. The Labute approximate surface area is 35.4 Å². The number of hydrogen-bond acceptors (Lipinski definition) is 3. The molecule has 1 fully saturated rings. The molecule has 0 saturated carbocycles. The van der Waals surface area contributed by atoms with E-state index in [0.717, 1.165) is 0 Å². The molecule has 1 saturated heterocycles. The van der Waals surface area contributed by atoms with Crippen LogP contribution in [-0.4, -0.2) is 12.4 Å². The van der Waals surface area contributed by atoms with Gasteiger partial charge in [0.25, 0.3) is 0 Å². The van der Waals surface area contributed by atoms with Crippen LogP contribution in [0, 0.1) is 0 Å². The first kappa shape index (κ1) is 4.05. The molecule has 0 aromatic carbocycles. The fourth-order valence-corrected chi connectivity index (χ4v) is 0.189. The molecule has 1 aliphatic rings. The molecule has 0 N–H and O–H groups in total. The molecule has 1 atom stereocenters. The molecule has 0 aromatic heterocycles. The van der Waals surface area contributed by atoms with Crippen LogP contribution in [0.1, 0.15) is 6.92 Å². The van der Waals surface area contributed by atoms with Gasteiger partial charge in [-0.15, -0.1) is 0 Å². The van der Waals surface area contributed by atoms with E-state index >= 15 is 0 Å².